The highest BCUT2D eigenvalue weighted by Gasteiger charge is 2.03. The van der Waals surface area contributed by atoms with Crippen LogP contribution in [0.15, 0.2) is 0 Å². The number of carbonyl (C=O) groups is 1. The van der Waals surface area contributed by atoms with Gasteiger partial charge in [0.2, 0.25) is 0 Å². The molecule has 2 N–H and O–H groups in total. The summed E-state index contributed by atoms with van der Waals surface area (Å²) in [7, 11) is 0. The summed E-state index contributed by atoms with van der Waals surface area (Å²) in [5, 5.41) is 0. The topological polar surface area (TPSA) is 43.1 Å². The van der Waals surface area contributed by atoms with Gasteiger partial charge in [-0.05, 0) is 0 Å². The summed E-state index contributed by atoms with van der Waals surface area (Å²) in [6.07, 6.45) is 0.506. The number of halogens is 1. The Bertz CT molecular complexity index is 72.1. The lowest BCUT2D eigenvalue weighted by Gasteiger charge is -1.94. The molecule has 7 heavy (non-hydrogen) atoms. The predicted molar refractivity (Wildman–Crippen MR) is 32.2 cm³/mol. The Labute approximate surface area is 51.2 Å². The van der Waals surface area contributed by atoms with Gasteiger partial charge in [-0.1, -0.05) is 22.9 Å². The number of carbonyl (C=O) groups excluding carboxylic acids is 1. The summed E-state index contributed by atoms with van der Waals surface area (Å²) >= 11 is 2.93. The summed E-state index contributed by atoms with van der Waals surface area (Å²) in [4.78, 5) is 9.88. The standard InChI is InChI=1S/C4H8BrNO/c1-2-3(7)4(5)6/h4H,2,6H2,1H3. The van der Waals surface area contributed by atoms with Gasteiger partial charge < -0.3 is 5.73 Å². The van der Waals surface area contributed by atoms with Gasteiger partial charge in [-0.25, -0.2) is 0 Å². The largest absolute Gasteiger partial charge is 0.313 e. The van der Waals surface area contributed by atoms with E-state index in [1.54, 1.807) is 6.92 Å². The molecule has 0 aliphatic carbocycles. The zero-order chi connectivity index (χ0) is 5.86. The highest BCUT2D eigenvalue weighted by molar-refractivity contribution is 9.09. The zero-order valence-electron chi connectivity index (χ0n) is 4.15. The van der Waals surface area contributed by atoms with E-state index in [1.165, 1.54) is 0 Å². The molecule has 0 saturated heterocycles. The van der Waals surface area contributed by atoms with E-state index in [0.717, 1.165) is 0 Å². The van der Waals surface area contributed by atoms with E-state index >= 15 is 0 Å². The quantitative estimate of drug-likeness (QED) is 0.483. The van der Waals surface area contributed by atoms with Crippen molar-refractivity contribution in [1.29, 1.82) is 0 Å². The minimum atomic E-state index is -0.461. The summed E-state index contributed by atoms with van der Waals surface area (Å²) in [6, 6.07) is 0. The molecule has 0 aromatic carbocycles. The van der Waals surface area contributed by atoms with Crippen LogP contribution in [0.1, 0.15) is 13.3 Å². The second kappa shape index (κ2) is 3.16. The van der Waals surface area contributed by atoms with E-state index in [-0.39, 0.29) is 5.78 Å². The van der Waals surface area contributed by atoms with Gasteiger partial charge in [0.25, 0.3) is 0 Å². The number of ketones is 1. The lowest BCUT2D eigenvalue weighted by Crippen LogP contribution is -2.21. The van der Waals surface area contributed by atoms with Gasteiger partial charge in [0.15, 0.2) is 5.78 Å². The van der Waals surface area contributed by atoms with E-state index in [2.05, 4.69) is 15.9 Å². The molecule has 0 amide bonds. The van der Waals surface area contributed by atoms with Crippen LogP contribution in [0.25, 0.3) is 0 Å². The zero-order valence-corrected chi connectivity index (χ0v) is 5.73. The smallest absolute Gasteiger partial charge is 0.160 e. The highest BCUT2D eigenvalue weighted by Crippen LogP contribution is 1.93. The van der Waals surface area contributed by atoms with E-state index in [4.69, 9.17) is 5.73 Å². The Morgan fingerprint density at radius 2 is 2.43 bits per heavy atom. The third kappa shape index (κ3) is 2.76. The first-order valence-electron chi connectivity index (χ1n) is 2.11. The van der Waals surface area contributed by atoms with Gasteiger partial charge >= 0.3 is 0 Å². The monoisotopic (exact) mass is 165 g/mol. The van der Waals surface area contributed by atoms with Gasteiger partial charge in [-0.2, -0.15) is 0 Å². The van der Waals surface area contributed by atoms with Crippen molar-refractivity contribution in [2.24, 2.45) is 5.73 Å². The number of rotatable bonds is 2. The van der Waals surface area contributed by atoms with Crippen molar-refractivity contribution in [3.63, 3.8) is 0 Å². The maximum absolute atomic E-state index is 10.3. The Morgan fingerprint density at radius 3 is 2.43 bits per heavy atom. The summed E-state index contributed by atoms with van der Waals surface area (Å²) in [5.41, 5.74) is 5.11. The van der Waals surface area contributed by atoms with Gasteiger partial charge in [-0.3, -0.25) is 4.79 Å². The molecule has 0 aliphatic heterocycles. The van der Waals surface area contributed by atoms with E-state index < -0.39 is 4.95 Å². The summed E-state index contributed by atoms with van der Waals surface area (Å²) < 4.78 is 0. The van der Waals surface area contributed by atoms with Crippen molar-refractivity contribution >= 4 is 21.7 Å². The van der Waals surface area contributed by atoms with E-state index in [0.29, 0.717) is 6.42 Å². The molecule has 0 fully saturated rings. The molecule has 0 spiro atoms. The maximum Gasteiger partial charge on any atom is 0.160 e. The fourth-order valence-corrected chi connectivity index (χ4v) is 0.519. The van der Waals surface area contributed by atoms with Crippen LogP contribution in [0.2, 0.25) is 0 Å². The van der Waals surface area contributed by atoms with Crippen molar-refractivity contribution < 1.29 is 4.79 Å². The van der Waals surface area contributed by atoms with Crippen molar-refractivity contribution in [2.45, 2.75) is 18.3 Å². The molecule has 1 unspecified atom stereocenters. The van der Waals surface area contributed by atoms with E-state index in [1.807, 2.05) is 0 Å². The van der Waals surface area contributed by atoms with Crippen LogP contribution in [0, 0.1) is 0 Å². The molecule has 0 aromatic heterocycles. The van der Waals surface area contributed by atoms with Gasteiger partial charge in [-0.15, -0.1) is 0 Å². The van der Waals surface area contributed by atoms with Crippen molar-refractivity contribution in [3.05, 3.63) is 0 Å². The van der Waals surface area contributed by atoms with Crippen LogP contribution in [0.4, 0.5) is 0 Å². The first-order chi connectivity index (χ1) is 3.18. The Morgan fingerprint density at radius 1 is 2.00 bits per heavy atom. The second-order valence-corrected chi connectivity index (χ2v) is 2.21. The SMILES string of the molecule is CCC(=O)C(N)Br. The lowest BCUT2D eigenvalue weighted by atomic mass is 10.3. The number of hydrogen-bond acceptors (Lipinski definition) is 2. The minimum Gasteiger partial charge on any atom is -0.313 e. The molecule has 0 radical (unpaired) electrons. The number of Topliss-reactive ketones (excluding diaryl/α,β-unsaturated/α-hetero) is 1. The molecular weight excluding hydrogens is 158 g/mol. The molecule has 0 saturated carbocycles. The van der Waals surface area contributed by atoms with Crippen molar-refractivity contribution in [3.8, 4) is 0 Å². The highest BCUT2D eigenvalue weighted by atomic mass is 79.9. The number of alkyl halides is 1. The third-order valence-corrected chi connectivity index (χ3v) is 1.17. The predicted octanol–water partition coefficient (Wildman–Crippen LogP) is 0.645. The molecule has 1 atom stereocenters. The molecule has 0 rings (SSSR count). The molecule has 42 valence electrons. The van der Waals surface area contributed by atoms with Crippen molar-refractivity contribution in [1.82, 2.24) is 0 Å². The number of nitrogens with two attached hydrogens (primary N) is 1. The van der Waals surface area contributed by atoms with E-state index in [9.17, 15) is 4.79 Å². The molecule has 0 heterocycles. The molecular formula is C4H8BrNO. The normalized spacial score (nSPS) is 13.6. The minimum absolute atomic E-state index is 0.0417. The van der Waals surface area contributed by atoms with Gasteiger partial charge in [0.1, 0.15) is 4.95 Å². The molecule has 0 aromatic rings. The first kappa shape index (κ1) is 7.11. The number of hydrogen-bond donors (Lipinski definition) is 1. The van der Waals surface area contributed by atoms with Crippen LogP contribution in [0.3, 0.4) is 0 Å². The molecule has 0 aliphatic rings. The van der Waals surface area contributed by atoms with Gasteiger partial charge in [0.05, 0.1) is 0 Å². The summed E-state index contributed by atoms with van der Waals surface area (Å²) in [6.45, 7) is 1.78. The Balaban J connectivity index is 3.35. The Kier molecular flexibility index (Phi) is 3.21. The third-order valence-electron chi connectivity index (χ3n) is 0.656. The van der Waals surface area contributed by atoms with Crippen LogP contribution in [-0.4, -0.2) is 10.7 Å². The lowest BCUT2D eigenvalue weighted by molar-refractivity contribution is -0.118. The molecule has 0 bridgehead atoms. The van der Waals surface area contributed by atoms with Crippen LogP contribution >= 0.6 is 15.9 Å². The molecule has 3 heteroatoms. The summed E-state index contributed by atoms with van der Waals surface area (Å²) in [5.74, 6) is 0.0417. The second-order valence-electron chi connectivity index (χ2n) is 1.22. The first-order valence-corrected chi connectivity index (χ1v) is 3.02. The van der Waals surface area contributed by atoms with Crippen molar-refractivity contribution in [2.75, 3.05) is 0 Å². The Hall–Kier alpha value is 0.110. The fraction of sp³-hybridized carbons (Fsp3) is 0.750. The van der Waals surface area contributed by atoms with Gasteiger partial charge in [0, 0.05) is 6.42 Å². The molecule has 2 nitrogen and oxygen atoms in total. The fourth-order valence-electron chi connectivity index (χ4n) is 0.195. The van der Waals surface area contributed by atoms with Crippen LogP contribution < -0.4 is 5.73 Å². The average Bonchev–Trinajstić information content (AvgIpc) is 1.65. The maximum atomic E-state index is 10.3. The average molecular weight is 166 g/mol. The van der Waals surface area contributed by atoms with Crippen LogP contribution in [0.5, 0.6) is 0 Å². The van der Waals surface area contributed by atoms with Crippen LogP contribution in [-0.2, 0) is 4.79 Å².